The number of halogens is 1. The summed E-state index contributed by atoms with van der Waals surface area (Å²) in [7, 11) is 0. The number of hydrogen-bond acceptors (Lipinski definition) is 4. The Morgan fingerprint density at radius 2 is 2.28 bits per heavy atom. The van der Waals surface area contributed by atoms with E-state index in [0.29, 0.717) is 18.4 Å². The molecule has 3 rings (SSSR count). The van der Waals surface area contributed by atoms with Crippen molar-refractivity contribution in [1.82, 2.24) is 10.1 Å². The summed E-state index contributed by atoms with van der Waals surface area (Å²) in [4.78, 5) is 4.32. The van der Waals surface area contributed by atoms with Crippen molar-refractivity contribution in [2.24, 2.45) is 0 Å². The lowest BCUT2D eigenvalue weighted by Gasteiger charge is -2.06. The number of aromatic nitrogens is 2. The molecule has 0 radical (unpaired) electrons. The number of rotatable bonds is 4. The van der Waals surface area contributed by atoms with Crippen LogP contribution >= 0.6 is 15.9 Å². The van der Waals surface area contributed by atoms with E-state index in [1.54, 1.807) is 0 Å². The van der Waals surface area contributed by atoms with Crippen LogP contribution < -0.4 is 4.74 Å². The first kappa shape index (κ1) is 11.7. The van der Waals surface area contributed by atoms with Crippen LogP contribution in [0.4, 0.5) is 0 Å². The average molecular weight is 309 g/mol. The number of aryl methyl sites for hydroxylation is 1. The highest BCUT2D eigenvalue weighted by atomic mass is 79.9. The van der Waals surface area contributed by atoms with Gasteiger partial charge < -0.3 is 9.26 Å². The van der Waals surface area contributed by atoms with Crippen molar-refractivity contribution < 1.29 is 9.26 Å². The van der Waals surface area contributed by atoms with Gasteiger partial charge in [0.15, 0.2) is 12.4 Å². The molecule has 0 spiro atoms. The minimum absolute atomic E-state index is 0.316. The molecule has 18 heavy (non-hydrogen) atoms. The van der Waals surface area contributed by atoms with E-state index in [4.69, 9.17) is 9.26 Å². The van der Waals surface area contributed by atoms with Crippen LogP contribution in [0.3, 0.4) is 0 Å². The summed E-state index contributed by atoms with van der Waals surface area (Å²) in [6.45, 7) is 2.32. The van der Waals surface area contributed by atoms with Crippen molar-refractivity contribution in [3.63, 3.8) is 0 Å². The third-order valence-electron chi connectivity index (χ3n) is 2.93. The first-order chi connectivity index (χ1) is 8.72. The molecule has 4 nitrogen and oxygen atoms in total. The van der Waals surface area contributed by atoms with Gasteiger partial charge in [-0.05, 0) is 37.5 Å². The van der Waals surface area contributed by atoms with Gasteiger partial charge in [0.2, 0.25) is 0 Å². The summed E-state index contributed by atoms with van der Waals surface area (Å²) in [6.07, 6.45) is 2.34. The van der Waals surface area contributed by atoms with Crippen molar-refractivity contribution in [2.75, 3.05) is 0 Å². The molecule has 0 unspecified atom stereocenters. The second-order valence-electron chi connectivity index (χ2n) is 4.52. The van der Waals surface area contributed by atoms with Gasteiger partial charge in [-0.1, -0.05) is 27.2 Å². The first-order valence-corrected chi connectivity index (χ1v) is 6.73. The van der Waals surface area contributed by atoms with E-state index in [0.717, 1.165) is 21.6 Å². The highest BCUT2D eigenvalue weighted by Crippen LogP contribution is 2.38. The van der Waals surface area contributed by atoms with Crippen molar-refractivity contribution in [3.05, 3.63) is 40.0 Å². The lowest BCUT2D eigenvalue weighted by atomic mass is 10.2. The van der Waals surface area contributed by atoms with Crippen LogP contribution in [0.1, 0.15) is 36.0 Å². The summed E-state index contributed by atoms with van der Waals surface area (Å²) < 4.78 is 11.8. The standard InChI is InChI=1S/C13H13BrN2O2/c1-8-2-5-10(14)6-11(8)17-7-12-15-13(16-18-12)9-3-4-9/h2,5-6,9H,3-4,7H2,1H3. The van der Waals surface area contributed by atoms with Crippen molar-refractivity contribution in [1.29, 1.82) is 0 Å². The quantitative estimate of drug-likeness (QED) is 0.866. The van der Waals surface area contributed by atoms with Crippen LogP contribution in [0.2, 0.25) is 0 Å². The van der Waals surface area contributed by atoms with Gasteiger partial charge >= 0.3 is 0 Å². The Morgan fingerprint density at radius 3 is 3.06 bits per heavy atom. The molecule has 2 aromatic rings. The number of nitrogens with zero attached hydrogens (tertiary/aromatic N) is 2. The normalized spacial score (nSPS) is 14.8. The van der Waals surface area contributed by atoms with E-state index >= 15 is 0 Å². The minimum atomic E-state index is 0.316. The molecule has 0 atom stereocenters. The third kappa shape index (κ3) is 2.56. The lowest BCUT2D eigenvalue weighted by Crippen LogP contribution is -1.97. The molecular weight excluding hydrogens is 296 g/mol. The fourth-order valence-electron chi connectivity index (χ4n) is 1.70. The predicted octanol–water partition coefficient (Wildman–Crippen LogP) is 3.60. The molecule has 0 aliphatic heterocycles. The van der Waals surface area contributed by atoms with Crippen LogP contribution in [-0.2, 0) is 6.61 Å². The van der Waals surface area contributed by atoms with Gasteiger partial charge in [-0.15, -0.1) is 0 Å². The van der Waals surface area contributed by atoms with E-state index in [1.807, 2.05) is 25.1 Å². The maximum Gasteiger partial charge on any atom is 0.264 e. The summed E-state index contributed by atoms with van der Waals surface area (Å²) in [5, 5.41) is 3.96. The van der Waals surface area contributed by atoms with Crippen LogP contribution in [0.15, 0.2) is 27.2 Å². The Balaban J connectivity index is 1.67. The number of hydrogen-bond donors (Lipinski definition) is 0. The lowest BCUT2D eigenvalue weighted by molar-refractivity contribution is 0.241. The van der Waals surface area contributed by atoms with Gasteiger partial charge in [-0.2, -0.15) is 4.98 Å². The van der Waals surface area contributed by atoms with Crippen molar-refractivity contribution in [3.8, 4) is 5.75 Å². The number of ether oxygens (including phenoxy) is 1. The molecule has 1 heterocycles. The molecule has 0 saturated heterocycles. The molecule has 1 aliphatic rings. The van der Waals surface area contributed by atoms with Crippen LogP contribution in [0, 0.1) is 6.92 Å². The molecule has 1 aliphatic carbocycles. The maximum absolute atomic E-state index is 5.69. The van der Waals surface area contributed by atoms with Gasteiger partial charge in [-0.25, -0.2) is 0 Å². The zero-order valence-electron chi connectivity index (χ0n) is 10.0. The fourth-order valence-corrected chi connectivity index (χ4v) is 2.04. The van der Waals surface area contributed by atoms with E-state index in [-0.39, 0.29) is 0 Å². The van der Waals surface area contributed by atoms with Crippen LogP contribution in [0.5, 0.6) is 5.75 Å². The van der Waals surface area contributed by atoms with E-state index < -0.39 is 0 Å². The van der Waals surface area contributed by atoms with E-state index in [2.05, 4.69) is 26.1 Å². The first-order valence-electron chi connectivity index (χ1n) is 5.94. The molecule has 94 valence electrons. The highest BCUT2D eigenvalue weighted by molar-refractivity contribution is 9.10. The average Bonchev–Trinajstić information content (AvgIpc) is 3.10. The van der Waals surface area contributed by atoms with Gasteiger partial charge in [0.05, 0.1) is 0 Å². The minimum Gasteiger partial charge on any atom is -0.483 e. The van der Waals surface area contributed by atoms with Gasteiger partial charge in [0, 0.05) is 10.4 Å². The molecule has 0 bridgehead atoms. The van der Waals surface area contributed by atoms with Gasteiger partial charge in [0.25, 0.3) is 5.89 Å². The molecule has 1 aromatic heterocycles. The summed E-state index contributed by atoms with van der Waals surface area (Å²) >= 11 is 3.42. The summed E-state index contributed by atoms with van der Waals surface area (Å²) in [5.41, 5.74) is 1.08. The summed E-state index contributed by atoms with van der Waals surface area (Å²) in [5.74, 6) is 2.70. The van der Waals surface area contributed by atoms with Crippen molar-refractivity contribution in [2.45, 2.75) is 32.3 Å². The Labute approximate surface area is 113 Å². The largest absolute Gasteiger partial charge is 0.483 e. The van der Waals surface area contributed by atoms with Crippen molar-refractivity contribution >= 4 is 15.9 Å². The van der Waals surface area contributed by atoms with Gasteiger partial charge in [-0.3, -0.25) is 0 Å². The highest BCUT2D eigenvalue weighted by Gasteiger charge is 2.28. The molecule has 5 heteroatoms. The monoisotopic (exact) mass is 308 g/mol. The zero-order chi connectivity index (χ0) is 12.5. The number of benzene rings is 1. The Morgan fingerprint density at radius 1 is 1.44 bits per heavy atom. The SMILES string of the molecule is Cc1ccc(Br)cc1OCc1nc(C2CC2)no1. The molecule has 0 amide bonds. The van der Waals surface area contributed by atoms with E-state index in [1.165, 1.54) is 12.8 Å². The second kappa shape index (κ2) is 4.72. The zero-order valence-corrected chi connectivity index (χ0v) is 11.6. The van der Waals surface area contributed by atoms with Crippen LogP contribution in [-0.4, -0.2) is 10.1 Å². The molecular formula is C13H13BrN2O2. The van der Waals surface area contributed by atoms with Gasteiger partial charge in [0.1, 0.15) is 5.75 Å². The predicted molar refractivity (Wildman–Crippen MR) is 69.5 cm³/mol. The molecule has 1 fully saturated rings. The molecule has 0 N–H and O–H groups in total. The van der Waals surface area contributed by atoms with Crippen LogP contribution in [0.25, 0.3) is 0 Å². The molecule has 1 saturated carbocycles. The molecule has 1 aromatic carbocycles. The Kier molecular flexibility index (Phi) is 3.07. The smallest absolute Gasteiger partial charge is 0.264 e. The van der Waals surface area contributed by atoms with E-state index in [9.17, 15) is 0 Å². The summed E-state index contributed by atoms with van der Waals surface area (Å²) in [6, 6.07) is 5.93. The Bertz CT molecular complexity index is 564. The second-order valence-corrected chi connectivity index (χ2v) is 5.43. The third-order valence-corrected chi connectivity index (χ3v) is 3.42. The fraction of sp³-hybridized carbons (Fsp3) is 0.385. The topological polar surface area (TPSA) is 48.2 Å². The maximum atomic E-state index is 5.69. The Hall–Kier alpha value is -1.36.